The molecule has 3 aromatic rings. The molecule has 1 fully saturated rings. The number of fused-ring (bicyclic) bond motifs is 1. The van der Waals surface area contributed by atoms with Gasteiger partial charge >= 0.3 is 11.9 Å². The van der Waals surface area contributed by atoms with Crippen molar-refractivity contribution in [2.45, 2.75) is 240 Å². The van der Waals surface area contributed by atoms with Crippen molar-refractivity contribution in [3.05, 3.63) is 65.9 Å². The Morgan fingerprint density at radius 2 is 1.16 bits per heavy atom. The maximum atomic E-state index is 15.0. The predicted molar refractivity (Wildman–Crippen MR) is 422 cm³/mol. The van der Waals surface area contributed by atoms with E-state index in [1.54, 1.807) is 30.5 Å². The fourth-order valence-corrected chi connectivity index (χ4v) is 13.1. The van der Waals surface area contributed by atoms with E-state index in [-0.39, 0.29) is 42.7 Å². The topological polar surface area (TPSA) is 685 Å². The number of carbonyl (C=O) groups is 17. The number of hydrogen-bond donors (Lipinski definition) is 24. The molecule has 14 amide bonds. The smallest absolute Gasteiger partial charge is 0.329 e. The van der Waals surface area contributed by atoms with Gasteiger partial charge in [0.05, 0.1) is 32.5 Å². The zero-order valence-electron chi connectivity index (χ0n) is 65.7. The SMILES string of the molecule is CCCCCCCCCC(=O)NC(Cc1c[nH]c2ccccc12)C(=O)NC(CC(N)=O)C(=O)NC(CC(=O)O)C(=O)NC1C(=O)NCC(=O)NC(CCCN)C(=O)NC(CC(O)O)C(=O)NC(C)C(=O)NC(CC(O)O)C(=O)NCC(=O)NC(CO)C(=O)NC(C(C)CC(O)O)C(=O)NC(CC(=O)c2ccccc2SC(C)=S)C(=O)OC1C. The number of amides is 14. The van der Waals surface area contributed by atoms with Gasteiger partial charge in [-0.05, 0) is 70.2 Å². The Kier molecular flexibility index (Phi) is 42.9. The number of nitrogens with two attached hydrogens (primary N) is 2. The number of benzene rings is 2. The molecule has 42 nitrogen and oxygen atoms in total. The van der Waals surface area contributed by atoms with Crippen molar-refractivity contribution in [1.29, 1.82) is 0 Å². The molecular formula is C74H108N16O26S2. The van der Waals surface area contributed by atoms with Crippen molar-refractivity contribution >= 4 is 140 Å². The van der Waals surface area contributed by atoms with E-state index in [9.17, 15) is 118 Å². The van der Waals surface area contributed by atoms with Crippen LogP contribution in [-0.2, 0) is 87.9 Å². The third-order valence-corrected chi connectivity index (χ3v) is 19.4. The van der Waals surface area contributed by atoms with Crippen LogP contribution in [0.2, 0.25) is 0 Å². The molecule has 1 aliphatic rings. The summed E-state index contributed by atoms with van der Waals surface area (Å²) in [5.41, 5.74) is 12.4. The summed E-state index contributed by atoms with van der Waals surface area (Å²) in [4.78, 5) is 242. The molecule has 44 heteroatoms. The van der Waals surface area contributed by atoms with Gasteiger partial charge in [-0.2, -0.15) is 0 Å². The highest BCUT2D eigenvalue weighted by atomic mass is 32.2. The molecule has 1 aromatic heterocycles. The van der Waals surface area contributed by atoms with Crippen LogP contribution in [-0.4, -0.2) is 268 Å². The number of hydrogen-bond acceptors (Lipinski definition) is 28. The zero-order valence-corrected chi connectivity index (χ0v) is 67.3. The lowest BCUT2D eigenvalue weighted by Crippen LogP contribution is -2.62. The number of H-pyrrole nitrogens is 1. The number of carboxylic acids is 1. The van der Waals surface area contributed by atoms with Crippen molar-refractivity contribution < 1.29 is 127 Å². The molecule has 0 bridgehead atoms. The highest BCUT2D eigenvalue weighted by molar-refractivity contribution is 8.23. The standard InChI is InChI=1S/C74H108N16O26S2/c1-6-7-8-9-10-11-12-23-55(94)82-45(26-40-32-77-43-20-15-13-18-41(40)43)68(109)85-46(28-54(76)93)69(110)87-49(31-61(103)104)70(111)90-63-38(4)116-74(115)50(27-52(92)42-19-14-16-22-53(42)118-39(5)117)88-73(114)62(36(2)25-58(97)98)89-71(112)51(35-91)83-57(96)33-78-65(106)47(29-59(99)100)84-64(105)37(3)80-67(108)48(30-60(101)102)86-66(107)44(21-17-24-75)81-56(95)34-79-72(63)113/h13-16,18-20,22,32,36-38,44-51,58-60,62-63,77,91,97-102H,6-12,17,21,23-31,33-35,75H2,1-5H3,(H2,76,93)(H,78,106)(H,79,113)(H,80,108)(H,81,95)(H,82,94)(H,83,96)(H,84,105)(H,85,109)(H,86,107)(H,87,110)(H,88,114)(H,89,112)(H,90,111)(H,103,104). The van der Waals surface area contributed by atoms with Crippen LogP contribution in [0.4, 0.5) is 0 Å². The second-order valence-electron chi connectivity index (χ2n) is 28.1. The van der Waals surface area contributed by atoms with Gasteiger partial charge in [-0.3, -0.25) is 76.7 Å². The first-order valence-corrected chi connectivity index (χ1v) is 39.3. The monoisotopic (exact) mass is 1700 g/mol. The Morgan fingerprint density at radius 1 is 0.610 bits per heavy atom. The van der Waals surface area contributed by atoms with Gasteiger partial charge < -0.3 is 131 Å². The van der Waals surface area contributed by atoms with E-state index in [0.717, 1.165) is 57.7 Å². The van der Waals surface area contributed by atoms with E-state index in [1.807, 2.05) is 0 Å². The van der Waals surface area contributed by atoms with Crippen LogP contribution in [0.25, 0.3) is 10.9 Å². The van der Waals surface area contributed by atoms with E-state index in [0.29, 0.717) is 33.5 Å². The summed E-state index contributed by atoms with van der Waals surface area (Å²) in [5, 5.41) is 110. The summed E-state index contributed by atoms with van der Waals surface area (Å²) in [6.07, 6.45) is -8.44. The van der Waals surface area contributed by atoms with Gasteiger partial charge in [0, 0.05) is 70.3 Å². The Labute approximate surface area is 687 Å². The van der Waals surface area contributed by atoms with Crippen LogP contribution >= 0.6 is 24.0 Å². The number of unbranched alkanes of at least 4 members (excludes halogenated alkanes) is 6. The molecule has 652 valence electrons. The number of carboxylic acid groups (broad SMARTS) is 1. The molecule has 0 aliphatic carbocycles. The molecule has 2 aromatic carbocycles. The number of aromatic nitrogens is 1. The Morgan fingerprint density at radius 3 is 1.76 bits per heavy atom. The van der Waals surface area contributed by atoms with Crippen LogP contribution in [0.1, 0.15) is 153 Å². The molecule has 0 spiro atoms. The third-order valence-electron chi connectivity index (χ3n) is 18.3. The number of thioether (sulfide) groups is 1. The number of rotatable bonds is 36. The van der Waals surface area contributed by atoms with Gasteiger partial charge in [-0.1, -0.05) is 113 Å². The van der Waals surface area contributed by atoms with E-state index in [4.69, 9.17) is 28.4 Å². The summed E-state index contributed by atoms with van der Waals surface area (Å²) in [6, 6.07) is -9.46. The molecular weight excluding hydrogens is 1590 g/mol. The van der Waals surface area contributed by atoms with Gasteiger partial charge in [0.2, 0.25) is 82.7 Å². The van der Waals surface area contributed by atoms with Crippen molar-refractivity contribution in [3.63, 3.8) is 0 Å². The molecule has 13 atom stereocenters. The average Bonchev–Trinajstić information content (AvgIpc) is 1.52. The second kappa shape index (κ2) is 50.8. The van der Waals surface area contributed by atoms with Gasteiger partial charge in [0.1, 0.15) is 72.6 Å². The molecule has 26 N–H and O–H groups in total. The Hall–Kier alpha value is -10.7. The van der Waals surface area contributed by atoms with Crippen LogP contribution in [0, 0.1) is 5.92 Å². The molecule has 2 heterocycles. The Balaban J connectivity index is 1.90. The van der Waals surface area contributed by atoms with E-state index in [2.05, 4.69) is 81.0 Å². The van der Waals surface area contributed by atoms with Crippen molar-refractivity contribution in [2.75, 3.05) is 26.2 Å². The number of para-hydroxylation sites is 1. The number of nitrogens with one attached hydrogen (secondary N) is 14. The lowest BCUT2D eigenvalue weighted by atomic mass is 9.95. The number of Topliss-reactive ketones (excluding diaryl/α,β-unsaturated/α-hetero) is 1. The van der Waals surface area contributed by atoms with E-state index >= 15 is 4.79 Å². The summed E-state index contributed by atoms with van der Waals surface area (Å²) in [5.74, 6) is -23.9. The maximum absolute atomic E-state index is 15.0. The number of aliphatic hydroxyl groups is 7. The van der Waals surface area contributed by atoms with Gasteiger partial charge in [-0.15, -0.1) is 0 Å². The lowest BCUT2D eigenvalue weighted by molar-refractivity contribution is -0.156. The minimum absolute atomic E-state index is 0.0131. The summed E-state index contributed by atoms with van der Waals surface area (Å²) < 4.78 is 6.07. The third kappa shape index (κ3) is 34.8. The minimum Gasteiger partial charge on any atom is -0.481 e. The van der Waals surface area contributed by atoms with E-state index < -0.39 is 256 Å². The van der Waals surface area contributed by atoms with Crippen molar-refractivity contribution in [3.8, 4) is 0 Å². The number of thiocarbonyl (C=S) groups is 1. The van der Waals surface area contributed by atoms with Crippen molar-refractivity contribution in [1.82, 2.24) is 74.1 Å². The first-order chi connectivity index (χ1) is 55.7. The highest BCUT2D eigenvalue weighted by Gasteiger charge is 2.41. The summed E-state index contributed by atoms with van der Waals surface area (Å²) in [7, 11) is 0. The number of aliphatic carboxylic acids is 1. The maximum Gasteiger partial charge on any atom is 0.329 e. The number of carbonyl (C=O) groups excluding carboxylic acids is 16. The van der Waals surface area contributed by atoms with Crippen LogP contribution in [0.15, 0.2) is 59.6 Å². The minimum atomic E-state index is -2.43. The predicted octanol–water partition coefficient (Wildman–Crippen LogP) is -6.09. The van der Waals surface area contributed by atoms with E-state index in [1.165, 1.54) is 38.1 Å². The second-order valence-corrected chi connectivity index (χ2v) is 30.2. The highest BCUT2D eigenvalue weighted by Crippen LogP contribution is 2.27. The van der Waals surface area contributed by atoms with Gasteiger partial charge in [-0.25, -0.2) is 4.79 Å². The fourth-order valence-electron chi connectivity index (χ4n) is 12.1. The largest absolute Gasteiger partial charge is 0.481 e. The first kappa shape index (κ1) is 99.6. The van der Waals surface area contributed by atoms with Gasteiger partial charge in [0.15, 0.2) is 24.7 Å². The number of ether oxygens (including phenoxy) is 1. The van der Waals surface area contributed by atoms with Crippen LogP contribution in [0.5, 0.6) is 0 Å². The summed E-state index contributed by atoms with van der Waals surface area (Å²) >= 11 is 6.21. The molecule has 1 saturated heterocycles. The number of ketones is 1. The normalized spacial score (nSPS) is 21.2. The molecule has 13 unspecified atom stereocenters. The van der Waals surface area contributed by atoms with Gasteiger partial charge in [0.25, 0.3) is 0 Å². The quantitative estimate of drug-likeness (QED) is 0.00643. The van der Waals surface area contributed by atoms with Crippen LogP contribution in [0.3, 0.4) is 0 Å². The fraction of sp³-hybridized carbons (Fsp3) is 0.568. The number of aromatic amines is 1. The number of cyclic esters (lactones) is 1. The first-order valence-electron chi connectivity index (χ1n) is 38.1. The number of esters is 1. The van der Waals surface area contributed by atoms with Crippen molar-refractivity contribution in [2.24, 2.45) is 17.4 Å². The molecule has 0 saturated carbocycles. The lowest BCUT2D eigenvalue weighted by Gasteiger charge is -2.30. The molecule has 4 rings (SSSR count). The zero-order chi connectivity index (χ0) is 88.0. The Bertz CT molecular complexity index is 4020. The summed E-state index contributed by atoms with van der Waals surface area (Å²) in [6.45, 7) is 2.93. The molecule has 1 aliphatic heterocycles. The number of primary amides is 1. The van der Waals surface area contributed by atoms with Crippen LogP contribution < -0.4 is 80.6 Å². The molecule has 118 heavy (non-hydrogen) atoms. The molecule has 0 radical (unpaired) electrons. The number of aliphatic hydroxyl groups excluding tert-OH is 4. The average molecular weight is 1700 g/mol.